The van der Waals surface area contributed by atoms with E-state index in [1.54, 1.807) is 23.1 Å². The number of thioether (sulfide) groups is 1. The molecule has 0 radical (unpaired) electrons. The van der Waals surface area contributed by atoms with Crippen LogP contribution in [0.5, 0.6) is 0 Å². The predicted molar refractivity (Wildman–Crippen MR) is 147 cm³/mol. The van der Waals surface area contributed by atoms with Crippen molar-refractivity contribution in [2.45, 2.75) is 31.7 Å². The van der Waals surface area contributed by atoms with Crippen molar-refractivity contribution in [3.05, 3.63) is 105 Å². The normalized spacial score (nSPS) is 11.7. The van der Waals surface area contributed by atoms with Crippen molar-refractivity contribution < 1.29 is 9.59 Å². The highest BCUT2D eigenvalue weighted by molar-refractivity contribution is 7.99. The van der Waals surface area contributed by atoms with E-state index in [4.69, 9.17) is 34.8 Å². The van der Waals surface area contributed by atoms with Gasteiger partial charge < -0.3 is 10.2 Å². The number of amides is 2. The van der Waals surface area contributed by atoms with Gasteiger partial charge in [0.25, 0.3) is 0 Å². The van der Waals surface area contributed by atoms with Crippen LogP contribution in [-0.2, 0) is 28.3 Å². The van der Waals surface area contributed by atoms with Crippen LogP contribution in [0.4, 0.5) is 0 Å². The van der Waals surface area contributed by atoms with Gasteiger partial charge in [0, 0.05) is 30.3 Å². The van der Waals surface area contributed by atoms with Crippen LogP contribution in [0.25, 0.3) is 0 Å². The van der Waals surface area contributed by atoms with Gasteiger partial charge in [-0.25, -0.2) is 0 Å². The second kappa shape index (κ2) is 13.8. The van der Waals surface area contributed by atoms with Crippen molar-refractivity contribution in [1.29, 1.82) is 0 Å². The average molecular weight is 550 g/mol. The number of hydrogen-bond acceptors (Lipinski definition) is 3. The molecule has 0 heterocycles. The Balaban J connectivity index is 1.83. The summed E-state index contributed by atoms with van der Waals surface area (Å²) >= 11 is 20.0. The molecule has 3 rings (SSSR count). The number of hydrogen-bond donors (Lipinski definition) is 1. The van der Waals surface area contributed by atoms with E-state index in [2.05, 4.69) is 5.32 Å². The minimum Gasteiger partial charge on any atom is -0.355 e. The Labute approximate surface area is 225 Å². The largest absolute Gasteiger partial charge is 0.355 e. The maximum Gasteiger partial charge on any atom is 0.243 e. The van der Waals surface area contributed by atoms with E-state index in [0.29, 0.717) is 33.8 Å². The molecule has 0 aliphatic rings. The lowest BCUT2D eigenvalue weighted by molar-refractivity contribution is -0.139. The van der Waals surface area contributed by atoms with Crippen LogP contribution in [0.3, 0.4) is 0 Å². The highest BCUT2D eigenvalue weighted by Gasteiger charge is 2.30. The van der Waals surface area contributed by atoms with E-state index in [1.165, 1.54) is 11.8 Å². The molecule has 35 heavy (non-hydrogen) atoms. The van der Waals surface area contributed by atoms with Crippen molar-refractivity contribution in [3.8, 4) is 0 Å². The summed E-state index contributed by atoms with van der Waals surface area (Å²) in [4.78, 5) is 28.3. The minimum atomic E-state index is -0.674. The number of nitrogens with zero attached hydrogens (tertiary/aromatic N) is 1. The Morgan fingerprint density at radius 1 is 0.886 bits per heavy atom. The summed E-state index contributed by atoms with van der Waals surface area (Å²) in [7, 11) is 0. The fourth-order valence-electron chi connectivity index (χ4n) is 3.62. The Morgan fingerprint density at radius 3 is 2.29 bits per heavy atom. The number of nitrogens with one attached hydrogen (secondary N) is 1. The molecular formula is C27H27Cl3N2O2S. The van der Waals surface area contributed by atoms with Gasteiger partial charge in [0.1, 0.15) is 6.04 Å². The average Bonchev–Trinajstić information content (AvgIpc) is 2.85. The molecule has 0 saturated heterocycles. The fourth-order valence-corrected chi connectivity index (χ4v) is 5.00. The summed E-state index contributed by atoms with van der Waals surface area (Å²) in [6.45, 7) is 2.58. The van der Waals surface area contributed by atoms with Gasteiger partial charge in [0.05, 0.1) is 15.8 Å². The predicted octanol–water partition coefficient (Wildman–Crippen LogP) is 6.66. The number of carbonyl (C=O) groups excluding carboxylic acids is 2. The maximum atomic E-state index is 13.5. The summed E-state index contributed by atoms with van der Waals surface area (Å²) in [6.07, 6.45) is 0.403. The highest BCUT2D eigenvalue weighted by atomic mass is 35.5. The molecule has 4 nitrogen and oxygen atoms in total. The summed E-state index contributed by atoms with van der Waals surface area (Å²) in [5.74, 6) is 0.469. The molecule has 184 valence electrons. The minimum absolute atomic E-state index is 0.137. The summed E-state index contributed by atoms with van der Waals surface area (Å²) in [5.41, 5.74) is 2.74. The molecule has 0 unspecified atom stereocenters. The summed E-state index contributed by atoms with van der Waals surface area (Å²) < 4.78 is 0. The third kappa shape index (κ3) is 8.18. The van der Waals surface area contributed by atoms with Gasteiger partial charge in [-0.15, -0.1) is 11.8 Å². The van der Waals surface area contributed by atoms with Crippen LogP contribution in [0.1, 0.15) is 23.6 Å². The number of likely N-dealkylation sites (N-methyl/N-ethyl adjacent to an activating group) is 1. The SMILES string of the molecule is CCNC(=O)[C@H](Cc1ccccc1)N(Cc1ccccc1Cl)C(=O)CSCc1ccc(Cl)c(Cl)c1. The molecule has 0 aliphatic heterocycles. The lowest BCUT2D eigenvalue weighted by Gasteiger charge is -2.31. The third-order valence-electron chi connectivity index (χ3n) is 5.40. The summed E-state index contributed by atoms with van der Waals surface area (Å²) in [6, 6.07) is 21.9. The van der Waals surface area contributed by atoms with Gasteiger partial charge >= 0.3 is 0 Å². The quantitative estimate of drug-likeness (QED) is 0.291. The zero-order valence-corrected chi connectivity index (χ0v) is 22.4. The molecule has 0 fully saturated rings. The van der Waals surface area contributed by atoms with E-state index in [0.717, 1.165) is 16.7 Å². The molecule has 3 aromatic carbocycles. The molecule has 8 heteroatoms. The van der Waals surface area contributed by atoms with Crippen LogP contribution >= 0.6 is 46.6 Å². The van der Waals surface area contributed by atoms with Gasteiger partial charge in [-0.2, -0.15) is 0 Å². The van der Waals surface area contributed by atoms with Crippen LogP contribution in [0.15, 0.2) is 72.8 Å². The zero-order chi connectivity index (χ0) is 25.2. The first-order valence-electron chi connectivity index (χ1n) is 11.2. The Bertz CT molecular complexity index is 1140. The molecule has 0 aliphatic carbocycles. The van der Waals surface area contributed by atoms with Crippen molar-refractivity contribution in [2.24, 2.45) is 0 Å². The van der Waals surface area contributed by atoms with E-state index >= 15 is 0 Å². The van der Waals surface area contributed by atoms with E-state index in [-0.39, 0.29) is 24.1 Å². The van der Waals surface area contributed by atoms with Crippen LogP contribution < -0.4 is 5.32 Å². The van der Waals surface area contributed by atoms with Crippen molar-refractivity contribution in [2.75, 3.05) is 12.3 Å². The first kappa shape index (κ1) is 27.4. The second-order valence-electron chi connectivity index (χ2n) is 7.95. The van der Waals surface area contributed by atoms with Gasteiger partial charge in [0.2, 0.25) is 11.8 Å². The smallest absolute Gasteiger partial charge is 0.243 e. The van der Waals surface area contributed by atoms with E-state index < -0.39 is 6.04 Å². The van der Waals surface area contributed by atoms with Gasteiger partial charge in [-0.3, -0.25) is 9.59 Å². The molecule has 0 spiro atoms. The van der Waals surface area contributed by atoms with Gasteiger partial charge in [-0.1, -0.05) is 89.4 Å². The van der Waals surface area contributed by atoms with E-state index in [1.807, 2.05) is 61.5 Å². The number of rotatable bonds is 11. The molecule has 0 bridgehead atoms. The Kier molecular flexibility index (Phi) is 10.8. The first-order valence-corrected chi connectivity index (χ1v) is 13.5. The molecule has 1 atom stereocenters. The van der Waals surface area contributed by atoms with Crippen LogP contribution in [-0.4, -0.2) is 35.1 Å². The van der Waals surface area contributed by atoms with Crippen molar-refractivity contribution in [1.82, 2.24) is 10.2 Å². The highest BCUT2D eigenvalue weighted by Crippen LogP contribution is 2.26. The molecule has 0 aromatic heterocycles. The topological polar surface area (TPSA) is 49.4 Å². The monoisotopic (exact) mass is 548 g/mol. The van der Waals surface area contributed by atoms with Gasteiger partial charge in [-0.05, 0) is 41.8 Å². The molecule has 3 aromatic rings. The zero-order valence-electron chi connectivity index (χ0n) is 19.3. The summed E-state index contributed by atoms with van der Waals surface area (Å²) in [5, 5.41) is 4.43. The number of halogens is 3. The van der Waals surface area contributed by atoms with Crippen molar-refractivity contribution >= 4 is 58.4 Å². The van der Waals surface area contributed by atoms with Crippen LogP contribution in [0, 0.1) is 0 Å². The molecule has 1 N–H and O–H groups in total. The molecule has 2 amide bonds. The third-order valence-corrected chi connectivity index (χ3v) is 7.50. The fraction of sp³-hybridized carbons (Fsp3) is 0.259. The second-order valence-corrected chi connectivity index (χ2v) is 10.2. The lowest BCUT2D eigenvalue weighted by Crippen LogP contribution is -2.51. The maximum absolute atomic E-state index is 13.5. The Hall–Kier alpha value is -2.18. The van der Waals surface area contributed by atoms with Crippen molar-refractivity contribution in [3.63, 3.8) is 0 Å². The number of carbonyl (C=O) groups is 2. The van der Waals surface area contributed by atoms with Gasteiger partial charge in [0.15, 0.2) is 0 Å². The molecular weight excluding hydrogens is 523 g/mol. The molecule has 0 saturated carbocycles. The number of benzene rings is 3. The van der Waals surface area contributed by atoms with Crippen LogP contribution in [0.2, 0.25) is 15.1 Å². The Morgan fingerprint density at radius 2 is 1.60 bits per heavy atom. The first-order chi connectivity index (χ1) is 16.9. The lowest BCUT2D eigenvalue weighted by atomic mass is 10.0. The standard InChI is InChI=1S/C27H27Cl3N2O2S/c1-2-31-27(34)25(15-19-8-4-3-5-9-19)32(16-21-10-6-7-11-22(21)28)26(33)18-35-17-20-12-13-23(29)24(30)14-20/h3-14,25H,2,15-18H2,1H3,(H,31,34)/t25-/m0/s1. The van der Waals surface area contributed by atoms with E-state index in [9.17, 15) is 9.59 Å².